The van der Waals surface area contributed by atoms with Crippen LogP contribution in [0.4, 0.5) is 13.2 Å². The van der Waals surface area contributed by atoms with Gasteiger partial charge in [-0.05, 0) is 24.6 Å². The molecule has 0 aliphatic carbocycles. The van der Waals surface area contributed by atoms with Gasteiger partial charge in [0.1, 0.15) is 6.61 Å². The predicted molar refractivity (Wildman–Crippen MR) is 59.8 cm³/mol. The molecule has 0 aromatic heterocycles. The molecule has 1 N–H and O–H groups in total. The van der Waals surface area contributed by atoms with E-state index in [9.17, 15) is 18.0 Å². The summed E-state index contributed by atoms with van der Waals surface area (Å²) in [5.41, 5.74) is -0.0975. The van der Waals surface area contributed by atoms with E-state index in [0.717, 1.165) is 12.1 Å². The Morgan fingerprint density at radius 3 is 2.39 bits per heavy atom. The molecule has 0 aliphatic heterocycles. The zero-order valence-corrected chi connectivity index (χ0v) is 9.88. The molecule has 0 spiro atoms. The van der Waals surface area contributed by atoms with Crippen molar-refractivity contribution in [2.45, 2.75) is 19.6 Å². The zero-order chi connectivity index (χ0) is 13.6. The lowest BCUT2D eigenvalue weighted by Crippen LogP contribution is -2.27. The van der Waals surface area contributed by atoms with Gasteiger partial charge in [-0.25, -0.2) is 0 Å². The van der Waals surface area contributed by atoms with E-state index in [1.54, 1.807) is 6.92 Å². The summed E-state index contributed by atoms with van der Waals surface area (Å²) in [5.74, 6) is -0.295. The summed E-state index contributed by atoms with van der Waals surface area (Å²) < 4.78 is 41.7. The summed E-state index contributed by atoms with van der Waals surface area (Å²) in [5, 5.41) is 2.55. The number of benzene rings is 1. The van der Waals surface area contributed by atoms with Crippen LogP contribution in [0, 0.1) is 0 Å². The van der Waals surface area contributed by atoms with Crippen LogP contribution in [0.2, 0.25) is 0 Å². The van der Waals surface area contributed by atoms with Gasteiger partial charge in [-0.3, -0.25) is 4.79 Å². The van der Waals surface area contributed by atoms with Crippen LogP contribution in [0.5, 0.6) is 0 Å². The van der Waals surface area contributed by atoms with Crippen molar-refractivity contribution in [2.75, 3.05) is 13.2 Å². The van der Waals surface area contributed by atoms with Crippen LogP contribution < -0.4 is 5.32 Å². The fourth-order valence-corrected chi connectivity index (χ4v) is 1.26. The van der Waals surface area contributed by atoms with Crippen molar-refractivity contribution in [1.82, 2.24) is 5.32 Å². The first-order chi connectivity index (χ1) is 8.43. The van der Waals surface area contributed by atoms with E-state index in [2.05, 4.69) is 5.32 Å². The van der Waals surface area contributed by atoms with Crippen molar-refractivity contribution in [3.8, 4) is 0 Å². The molecule has 0 unspecified atom stereocenters. The van der Waals surface area contributed by atoms with Gasteiger partial charge in [-0.2, -0.15) is 13.2 Å². The molecule has 0 radical (unpaired) electrons. The number of hydrogen-bond donors (Lipinski definition) is 1. The molecule has 6 heteroatoms. The summed E-state index contributed by atoms with van der Waals surface area (Å²) in [4.78, 5) is 11.2. The Kier molecular flexibility index (Phi) is 5.15. The van der Waals surface area contributed by atoms with Gasteiger partial charge in [0.2, 0.25) is 5.91 Å². The number of rotatable bonds is 5. The Morgan fingerprint density at radius 1 is 1.28 bits per heavy atom. The number of nitrogens with one attached hydrogen (secondary N) is 1. The van der Waals surface area contributed by atoms with Crippen LogP contribution >= 0.6 is 0 Å². The number of halogens is 3. The minimum atomic E-state index is -4.34. The third-order valence-corrected chi connectivity index (χ3v) is 2.21. The van der Waals surface area contributed by atoms with Crippen LogP contribution in [0.1, 0.15) is 18.1 Å². The quantitative estimate of drug-likeness (QED) is 0.883. The topological polar surface area (TPSA) is 38.3 Å². The van der Waals surface area contributed by atoms with Gasteiger partial charge < -0.3 is 10.1 Å². The highest BCUT2D eigenvalue weighted by molar-refractivity contribution is 5.77. The lowest BCUT2D eigenvalue weighted by atomic mass is 10.1. The number of amides is 1. The fraction of sp³-hybridized carbons (Fsp3) is 0.417. The molecule has 0 heterocycles. The maximum Gasteiger partial charge on any atom is 0.416 e. The second-order valence-electron chi connectivity index (χ2n) is 3.61. The molecule has 18 heavy (non-hydrogen) atoms. The number of hydrogen-bond acceptors (Lipinski definition) is 2. The number of carbonyl (C=O) groups is 1. The normalized spacial score (nSPS) is 11.3. The van der Waals surface area contributed by atoms with E-state index in [1.807, 2.05) is 0 Å². The molecule has 0 atom stereocenters. The maximum absolute atomic E-state index is 12.3. The Labute approximate surface area is 103 Å². The van der Waals surface area contributed by atoms with Crippen molar-refractivity contribution >= 4 is 5.91 Å². The van der Waals surface area contributed by atoms with E-state index in [4.69, 9.17) is 4.74 Å². The summed E-state index contributed by atoms with van der Waals surface area (Å²) in [6, 6.07) is 4.65. The van der Waals surface area contributed by atoms with Crippen molar-refractivity contribution in [1.29, 1.82) is 0 Å². The molecule has 1 rings (SSSR count). The van der Waals surface area contributed by atoms with Crippen LogP contribution in [0.15, 0.2) is 24.3 Å². The molecular weight excluding hydrogens is 247 g/mol. The summed E-state index contributed by atoms with van der Waals surface area (Å²) in [7, 11) is 0. The first kappa shape index (κ1) is 14.5. The average Bonchev–Trinajstić information content (AvgIpc) is 2.33. The molecule has 1 aromatic carbocycles. The lowest BCUT2D eigenvalue weighted by Gasteiger charge is -2.08. The molecule has 1 amide bonds. The minimum absolute atomic E-state index is 0.0445. The van der Waals surface area contributed by atoms with Gasteiger partial charge >= 0.3 is 6.18 Å². The molecule has 3 nitrogen and oxygen atoms in total. The minimum Gasteiger partial charge on any atom is -0.372 e. The van der Waals surface area contributed by atoms with Crippen molar-refractivity contribution < 1.29 is 22.7 Å². The first-order valence-corrected chi connectivity index (χ1v) is 5.44. The van der Waals surface area contributed by atoms with Crippen molar-refractivity contribution in [3.05, 3.63) is 35.4 Å². The standard InChI is InChI=1S/C12H14F3NO2/c1-2-18-8-11(17)16-7-9-3-5-10(6-4-9)12(13,14)15/h3-6H,2,7-8H2,1H3,(H,16,17). The molecule has 0 aliphatic rings. The van der Waals surface area contributed by atoms with Crippen LogP contribution in [0.3, 0.4) is 0 Å². The molecule has 0 saturated heterocycles. The van der Waals surface area contributed by atoms with Crippen LogP contribution in [0.25, 0.3) is 0 Å². The first-order valence-electron chi connectivity index (χ1n) is 5.44. The third-order valence-electron chi connectivity index (χ3n) is 2.21. The molecule has 0 fully saturated rings. The van der Waals surface area contributed by atoms with Crippen LogP contribution in [-0.4, -0.2) is 19.1 Å². The Balaban J connectivity index is 2.47. The van der Waals surface area contributed by atoms with E-state index in [-0.39, 0.29) is 19.1 Å². The third kappa shape index (κ3) is 4.75. The highest BCUT2D eigenvalue weighted by Gasteiger charge is 2.29. The predicted octanol–water partition coefficient (Wildman–Crippen LogP) is 2.36. The maximum atomic E-state index is 12.3. The molecule has 0 bridgehead atoms. The summed E-state index contributed by atoms with van der Waals surface area (Å²) in [6.45, 7) is 2.35. The smallest absolute Gasteiger partial charge is 0.372 e. The van der Waals surface area contributed by atoms with E-state index in [0.29, 0.717) is 12.2 Å². The Morgan fingerprint density at radius 2 is 1.89 bits per heavy atom. The largest absolute Gasteiger partial charge is 0.416 e. The van der Waals surface area contributed by atoms with Gasteiger partial charge in [-0.1, -0.05) is 12.1 Å². The Bertz CT molecular complexity index is 387. The number of carbonyl (C=O) groups excluding carboxylic acids is 1. The highest BCUT2D eigenvalue weighted by Crippen LogP contribution is 2.28. The second-order valence-corrected chi connectivity index (χ2v) is 3.61. The van der Waals surface area contributed by atoms with Crippen LogP contribution in [-0.2, 0) is 22.3 Å². The van der Waals surface area contributed by atoms with Gasteiger partial charge in [0.05, 0.1) is 5.56 Å². The molecule has 0 saturated carbocycles. The zero-order valence-electron chi connectivity index (χ0n) is 9.88. The Hall–Kier alpha value is -1.56. The van der Waals surface area contributed by atoms with Crippen molar-refractivity contribution in [2.24, 2.45) is 0 Å². The lowest BCUT2D eigenvalue weighted by molar-refractivity contribution is -0.137. The number of ether oxygens (including phenoxy) is 1. The SMILES string of the molecule is CCOCC(=O)NCc1ccc(C(F)(F)F)cc1. The highest BCUT2D eigenvalue weighted by atomic mass is 19.4. The molecular formula is C12H14F3NO2. The van der Waals surface area contributed by atoms with E-state index < -0.39 is 11.7 Å². The van der Waals surface area contributed by atoms with Gasteiger partial charge in [-0.15, -0.1) is 0 Å². The molecule has 100 valence electrons. The second kappa shape index (κ2) is 6.39. The van der Waals surface area contributed by atoms with E-state index >= 15 is 0 Å². The average molecular weight is 261 g/mol. The molecule has 1 aromatic rings. The van der Waals surface area contributed by atoms with Gasteiger partial charge in [0.15, 0.2) is 0 Å². The van der Waals surface area contributed by atoms with Gasteiger partial charge in [0.25, 0.3) is 0 Å². The summed E-state index contributed by atoms with van der Waals surface area (Å²) in [6.07, 6.45) is -4.34. The fourth-order valence-electron chi connectivity index (χ4n) is 1.26. The monoisotopic (exact) mass is 261 g/mol. The van der Waals surface area contributed by atoms with E-state index in [1.165, 1.54) is 12.1 Å². The van der Waals surface area contributed by atoms with Crippen molar-refractivity contribution in [3.63, 3.8) is 0 Å². The number of alkyl halides is 3. The van der Waals surface area contributed by atoms with Gasteiger partial charge in [0, 0.05) is 13.2 Å². The summed E-state index contributed by atoms with van der Waals surface area (Å²) >= 11 is 0.